The highest BCUT2D eigenvalue weighted by atomic mass is 16.5. The summed E-state index contributed by atoms with van der Waals surface area (Å²) in [5.41, 5.74) is 8.49. The van der Waals surface area contributed by atoms with Gasteiger partial charge in [0.15, 0.2) is 0 Å². The van der Waals surface area contributed by atoms with E-state index in [1.54, 1.807) is 5.01 Å². The van der Waals surface area contributed by atoms with Crippen LogP contribution in [0.3, 0.4) is 0 Å². The van der Waals surface area contributed by atoms with Gasteiger partial charge in [-0.15, -0.1) is 0 Å². The van der Waals surface area contributed by atoms with E-state index in [-0.39, 0.29) is 17.9 Å². The summed E-state index contributed by atoms with van der Waals surface area (Å²) in [6.45, 7) is 3.46. The lowest BCUT2D eigenvalue weighted by Crippen LogP contribution is -2.44. The summed E-state index contributed by atoms with van der Waals surface area (Å²) in [6, 6.07) is 7.87. The molecule has 2 N–H and O–H groups in total. The zero-order valence-electron chi connectivity index (χ0n) is 12.3. The van der Waals surface area contributed by atoms with Gasteiger partial charge in [-0.1, -0.05) is 19.1 Å². The van der Waals surface area contributed by atoms with E-state index in [0.29, 0.717) is 19.6 Å². The van der Waals surface area contributed by atoms with Crippen LogP contribution in [0.2, 0.25) is 0 Å². The maximum absolute atomic E-state index is 12.3. The van der Waals surface area contributed by atoms with Crippen molar-refractivity contribution in [1.29, 1.82) is 0 Å². The lowest BCUT2D eigenvalue weighted by molar-refractivity contribution is -0.136. The first-order chi connectivity index (χ1) is 10.1. The van der Waals surface area contributed by atoms with Gasteiger partial charge in [0.2, 0.25) is 5.91 Å². The standard InChI is InChI=1S/C16H21N3O2/c1-11-10-15(20)19(14-6-8-21-9-7-14)18-16(11)12-2-4-13(17)5-3-12/h2-5,11,14H,6-10,17H2,1H3/t11-/m1/s1. The maximum atomic E-state index is 12.3. The van der Waals surface area contributed by atoms with E-state index in [2.05, 4.69) is 12.0 Å². The molecule has 2 aliphatic heterocycles. The van der Waals surface area contributed by atoms with Crippen LogP contribution in [-0.4, -0.2) is 35.9 Å². The monoisotopic (exact) mass is 287 g/mol. The molecule has 1 atom stereocenters. The van der Waals surface area contributed by atoms with Crippen LogP contribution in [0.4, 0.5) is 5.69 Å². The van der Waals surface area contributed by atoms with Crippen molar-refractivity contribution in [3.05, 3.63) is 29.8 Å². The highest BCUT2D eigenvalue weighted by molar-refractivity contribution is 6.05. The SMILES string of the molecule is C[C@@H]1CC(=O)N(C2CCOCC2)N=C1c1ccc(N)cc1. The third kappa shape index (κ3) is 2.93. The van der Waals surface area contributed by atoms with Crippen molar-refractivity contribution in [3.63, 3.8) is 0 Å². The number of nitrogens with two attached hydrogens (primary N) is 1. The third-order valence-electron chi connectivity index (χ3n) is 4.16. The lowest BCUT2D eigenvalue weighted by Gasteiger charge is -2.35. The molecule has 1 fully saturated rings. The van der Waals surface area contributed by atoms with Crippen LogP contribution in [-0.2, 0) is 9.53 Å². The largest absolute Gasteiger partial charge is 0.399 e. The van der Waals surface area contributed by atoms with E-state index in [0.717, 1.165) is 29.8 Å². The summed E-state index contributed by atoms with van der Waals surface area (Å²) in [6.07, 6.45) is 2.23. The molecule has 112 valence electrons. The van der Waals surface area contributed by atoms with Crippen LogP contribution in [0.25, 0.3) is 0 Å². The Hall–Kier alpha value is -1.88. The summed E-state index contributed by atoms with van der Waals surface area (Å²) in [7, 11) is 0. The summed E-state index contributed by atoms with van der Waals surface area (Å²) >= 11 is 0. The second-order valence-electron chi connectivity index (χ2n) is 5.79. The fourth-order valence-corrected chi connectivity index (χ4v) is 2.93. The number of amides is 1. The van der Waals surface area contributed by atoms with Crippen molar-refractivity contribution in [2.75, 3.05) is 18.9 Å². The molecule has 1 saturated heterocycles. The molecule has 0 spiro atoms. The number of hydrogen-bond acceptors (Lipinski definition) is 4. The van der Waals surface area contributed by atoms with E-state index < -0.39 is 0 Å². The Morgan fingerprint density at radius 3 is 2.57 bits per heavy atom. The predicted octanol–water partition coefficient (Wildman–Crippen LogP) is 2.02. The number of benzene rings is 1. The van der Waals surface area contributed by atoms with Crippen molar-refractivity contribution in [2.45, 2.75) is 32.2 Å². The molecule has 1 aromatic rings. The Bertz CT molecular complexity index is 547. The molecule has 0 radical (unpaired) electrons. The van der Waals surface area contributed by atoms with Crippen LogP contribution in [0, 0.1) is 5.92 Å². The van der Waals surface area contributed by atoms with Crippen molar-refractivity contribution in [1.82, 2.24) is 5.01 Å². The molecule has 3 rings (SSSR count). The van der Waals surface area contributed by atoms with Crippen LogP contribution in [0.15, 0.2) is 29.4 Å². The van der Waals surface area contributed by atoms with E-state index in [4.69, 9.17) is 10.5 Å². The molecular formula is C16H21N3O2. The van der Waals surface area contributed by atoms with Gasteiger partial charge in [-0.2, -0.15) is 5.10 Å². The predicted molar refractivity (Wildman–Crippen MR) is 81.9 cm³/mol. The molecule has 5 heteroatoms. The number of nitrogens with zero attached hydrogens (tertiary/aromatic N) is 2. The van der Waals surface area contributed by atoms with Gasteiger partial charge in [-0.25, -0.2) is 5.01 Å². The number of hydrogen-bond donors (Lipinski definition) is 1. The van der Waals surface area contributed by atoms with Gasteiger partial charge in [0.05, 0.1) is 11.8 Å². The Kier molecular flexibility index (Phi) is 3.92. The fourth-order valence-electron chi connectivity index (χ4n) is 2.93. The van der Waals surface area contributed by atoms with Crippen molar-refractivity contribution < 1.29 is 9.53 Å². The molecule has 0 bridgehead atoms. The Labute approximate surface area is 124 Å². The number of rotatable bonds is 2. The molecule has 5 nitrogen and oxygen atoms in total. The molecule has 0 aromatic heterocycles. The summed E-state index contributed by atoms with van der Waals surface area (Å²) in [4.78, 5) is 12.3. The van der Waals surface area contributed by atoms with Gasteiger partial charge in [-0.05, 0) is 30.5 Å². The summed E-state index contributed by atoms with van der Waals surface area (Å²) in [5, 5.41) is 6.36. The number of carbonyl (C=O) groups is 1. The van der Waals surface area contributed by atoms with Crippen molar-refractivity contribution >= 4 is 17.3 Å². The second kappa shape index (κ2) is 5.85. The van der Waals surface area contributed by atoms with Crippen LogP contribution in [0.5, 0.6) is 0 Å². The number of nitrogen functional groups attached to an aromatic ring is 1. The van der Waals surface area contributed by atoms with Crippen molar-refractivity contribution in [3.8, 4) is 0 Å². The van der Waals surface area contributed by atoms with Crippen molar-refractivity contribution in [2.24, 2.45) is 11.0 Å². The Balaban J connectivity index is 1.89. The number of carbonyl (C=O) groups excluding carboxylic acids is 1. The van der Waals surface area contributed by atoms with E-state index in [9.17, 15) is 4.79 Å². The van der Waals surface area contributed by atoms with Crippen LogP contribution >= 0.6 is 0 Å². The minimum atomic E-state index is 0.119. The maximum Gasteiger partial charge on any atom is 0.243 e. The molecule has 21 heavy (non-hydrogen) atoms. The molecule has 0 saturated carbocycles. The van der Waals surface area contributed by atoms with E-state index in [1.165, 1.54) is 0 Å². The van der Waals surface area contributed by atoms with Gasteiger partial charge in [0.25, 0.3) is 0 Å². The van der Waals surface area contributed by atoms with Gasteiger partial charge >= 0.3 is 0 Å². The highest BCUT2D eigenvalue weighted by Crippen LogP contribution is 2.25. The first kappa shape index (κ1) is 14.1. The quantitative estimate of drug-likeness (QED) is 0.846. The van der Waals surface area contributed by atoms with Gasteiger partial charge in [0.1, 0.15) is 0 Å². The van der Waals surface area contributed by atoms with Crippen LogP contribution in [0.1, 0.15) is 31.7 Å². The highest BCUT2D eigenvalue weighted by Gasteiger charge is 2.32. The molecule has 2 aliphatic rings. The minimum Gasteiger partial charge on any atom is -0.399 e. The zero-order chi connectivity index (χ0) is 14.8. The normalized spacial score (nSPS) is 24.0. The van der Waals surface area contributed by atoms with Gasteiger partial charge in [-0.3, -0.25) is 4.79 Å². The molecular weight excluding hydrogens is 266 g/mol. The molecule has 0 aliphatic carbocycles. The molecule has 1 aromatic carbocycles. The summed E-state index contributed by atoms with van der Waals surface area (Å²) < 4.78 is 5.37. The molecule has 0 unspecified atom stereocenters. The van der Waals surface area contributed by atoms with E-state index in [1.807, 2.05) is 24.3 Å². The van der Waals surface area contributed by atoms with Gasteiger partial charge in [0, 0.05) is 31.2 Å². The number of hydrazone groups is 1. The first-order valence-electron chi connectivity index (χ1n) is 7.49. The number of anilines is 1. The fraction of sp³-hybridized carbons (Fsp3) is 0.500. The third-order valence-corrected chi connectivity index (χ3v) is 4.16. The van der Waals surface area contributed by atoms with Gasteiger partial charge < -0.3 is 10.5 Å². The average Bonchev–Trinajstić information content (AvgIpc) is 2.49. The van der Waals surface area contributed by atoms with E-state index >= 15 is 0 Å². The minimum absolute atomic E-state index is 0.119. The Morgan fingerprint density at radius 1 is 1.24 bits per heavy atom. The van der Waals surface area contributed by atoms with Crippen LogP contribution < -0.4 is 5.73 Å². The smallest absolute Gasteiger partial charge is 0.243 e. The summed E-state index contributed by atoms with van der Waals surface area (Å²) in [5.74, 6) is 0.255. The molecule has 2 heterocycles. The first-order valence-corrected chi connectivity index (χ1v) is 7.49. The number of ether oxygens (including phenoxy) is 1. The zero-order valence-corrected chi connectivity index (χ0v) is 12.3. The Morgan fingerprint density at radius 2 is 1.90 bits per heavy atom. The molecule has 1 amide bonds. The topological polar surface area (TPSA) is 67.9 Å². The second-order valence-corrected chi connectivity index (χ2v) is 5.79. The average molecular weight is 287 g/mol. The lowest BCUT2D eigenvalue weighted by atomic mass is 9.93.